The normalized spacial score (nSPS) is 12.3. The van der Waals surface area contributed by atoms with Crippen LogP contribution in [0.1, 0.15) is 201 Å². The Morgan fingerprint density at radius 3 is 1.27 bits per heavy atom. The molecule has 0 rings (SSSR count). The number of rotatable bonds is 36. The lowest BCUT2D eigenvalue weighted by molar-refractivity contribution is -0.167. The van der Waals surface area contributed by atoms with Crippen LogP contribution >= 0.6 is 0 Å². The van der Waals surface area contributed by atoms with Gasteiger partial charge in [0.2, 0.25) is 0 Å². The second-order valence-electron chi connectivity index (χ2n) is 13.5. The first-order chi connectivity index (χ1) is 24.0. The molecule has 6 heteroatoms. The van der Waals surface area contributed by atoms with E-state index in [-0.39, 0.29) is 31.1 Å². The van der Waals surface area contributed by atoms with Gasteiger partial charge in [-0.05, 0) is 70.6 Å². The molecule has 0 aliphatic carbocycles. The van der Waals surface area contributed by atoms with Crippen LogP contribution in [0.15, 0.2) is 36.5 Å². The van der Waals surface area contributed by atoms with Gasteiger partial charge in [-0.25, -0.2) is 0 Å². The minimum absolute atomic E-state index is 0.0804. The lowest BCUT2D eigenvalue weighted by atomic mass is 10.1. The van der Waals surface area contributed by atoms with E-state index in [2.05, 4.69) is 57.2 Å². The van der Waals surface area contributed by atoms with Crippen LogP contribution in [0.25, 0.3) is 0 Å². The van der Waals surface area contributed by atoms with Crippen molar-refractivity contribution in [1.82, 2.24) is 0 Å². The second kappa shape index (κ2) is 38.4. The van der Waals surface area contributed by atoms with Gasteiger partial charge in [-0.2, -0.15) is 0 Å². The quantitative estimate of drug-likeness (QED) is 0.0282. The van der Waals surface area contributed by atoms with E-state index in [1.165, 1.54) is 64.2 Å². The summed E-state index contributed by atoms with van der Waals surface area (Å²) in [4.78, 5) is 37.3. The van der Waals surface area contributed by atoms with Gasteiger partial charge in [0.1, 0.15) is 13.2 Å². The third kappa shape index (κ3) is 36.7. The molecule has 0 N–H and O–H groups in total. The molecule has 49 heavy (non-hydrogen) atoms. The van der Waals surface area contributed by atoms with Gasteiger partial charge in [-0.1, -0.05) is 147 Å². The Labute approximate surface area is 302 Å². The molecule has 284 valence electrons. The lowest BCUT2D eigenvalue weighted by Crippen LogP contribution is -2.30. The first kappa shape index (κ1) is 46.6. The minimum atomic E-state index is -0.774. The van der Waals surface area contributed by atoms with Crippen molar-refractivity contribution >= 4 is 17.9 Å². The van der Waals surface area contributed by atoms with Crippen molar-refractivity contribution in [3.63, 3.8) is 0 Å². The molecule has 0 aliphatic rings. The standard InChI is InChI=1S/C43H76O6/c1-4-7-10-13-16-18-20-21-22-23-24-26-27-30-33-36-42(45)48-39-40(38-47-41(44)35-32-29-15-12-9-6-3)49-43(46)37-34-31-28-25-19-17-14-11-8-5-2/h11,14,16,18,21-22,40H,4-10,12-13,15,17,19-20,23-39H2,1-3H3/b14-11-,18-16-,22-21-. The molecular weight excluding hydrogens is 612 g/mol. The van der Waals surface area contributed by atoms with E-state index in [4.69, 9.17) is 14.2 Å². The van der Waals surface area contributed by atoms with Gasteiger partial charge >= 0.3 is 17.9 Å². The second-order valence-corrected chi connectivity index (χ2v) is 13.5. The first-order valence-corrected chi connectivity index (χ1v) is 20.5. The Hall–Kier alpha value is -2.37. The van der Waals surface area contributed by atoms with E-state index < -0.39 is 6.10 Å². The number of unbranched alkanes of at least 4 members (excludes halogenated alkanes) is 19. The zero-order chi connectivity index (χ0) is 35.9. The molecular formula is C43H76O6. The summed E-state index contributed by atoms with van der Waals surface area (Å²) in [5.74, 6) is -0.920. The molecule has 0 aromatic heterocycles. The molecule has 0 spiro atoms. The molecule has 0 saturated heterocycles. The Bertz CT molecular complexity index is 845. The van der Waals surface area contributed by atoms with Crippen molar-refractivity contribution in [2.24, 2.45) is 0 Å². The average Bonchev–Trinajstić information content (AvgIpc) is 3.10. The topological polar surface area (TPSA) is 78.9 Å². The number of carbonyl (C=O) groups excluding carboxylic acids is 3. The molecule has 0 aliphatic heterocycles. The monoisotopic (exact) mass is 689 g/mol. The van der Waals surface area contributed by atoms with Gasteiger partial charge in [0.15, 0.2) is 6.10 Å². The molecule has 1 unspecified atom stereocenters. The highest BCUT2D eigenvalue weighted by molar-refractivity contribution is 5.71. The highest BCUT2D eigenvalue weighted by Gasteiger charge is 2.19. The fourth-order valence-corrected chi connectivity index (χ4v) is 5.47. The van der Waals surface area contributed by atoms with Crippen molar-refractivity contribution in [2.45, 2.75) is 207 Å². The van der Waals surface area contributed by atoms with Crippen LogP contribution in [0.4, 0.5) is 0 Å². The Balaban J connectivity index is 4.31. The lowest BCUT2D eigenvalue weighted by Gasteiger charge is -2.18. The van der Waals surface area contributed by atoms with Gasteiger partial charge in [-0.15, -0.1) is 0 Å². The van der Waals surface area contributed by atoms with Crippen molar-refractivity contribution in [2.75, 3.05) is 13.2 Å². The third-order valence-electron chi connectivity index (χ3n) is 8.60. The molecule has 0 aromatic carbocycles. The van der Waals surface area contributed by atoms with E-state index in [1.54, 1.807) is 0 Å². The summed E-state index contributed by atoms with van der Waals surface area (Å²) in [7, 11) is 0. The Kier molecular flexibility index (Phi) is 36.6. The van der Waals surface area contributed by atoms with E-state index in [0.717, 1.165) is 96.3 Å². The number of allylic oxidation sites excluding steroid dienone is 6. The molecule has 0 aromatic rings. The maximum Gasteiger partial charge on any atom is 0.306 e. The van der Waals surface area contributed by atoms with Crippen molar-refractivity contribution in [3.05, 3.63) is 36.5 Å². The number of hydrogen-bond acceptors (Lipinski definition) is 6. The Morgan fingerprint density at radius 2 is 0.776 bits per heavy atom. The van der Waals surface area contributed by atoms with E-state index in [0.29, 0.717) is 19.3 Å². The summed E-state index contributed by atoms with van der Waals surface area (Å²) < 4.78 is 16.5. The van der Waals surface area contributed by atoms with Crippen LogP contribution in [-0.4, -0.2) is 37.2 Å². The van der Waals surface area contributed by atoms with Crippen molar-refractivity contribution < 1.29 is 28.6 Å². The van der Waals surface area contributed by atoms with Crippen LogP contribution in [0.5, 0.6) is 0 Å². The average molecular weight is 689 g/mol. The van der Waals surface area contributed by atoms with Gasteiger partial charge in [0, 0.05) is 19.3 Å². The predicted octanol–water partition coefficient (Wildman–Crippen LogP) is 12.6. The van der Waals surface area contributed by atoms with E-state index >= 15 is 0 Å². The summed E-state index contributed by atoms with van der Waals surface area (Å²) in [6.07, 6.45) is 41.4. The molecule has 6 nitrogen and oxygen atoms in total. The van der Waals surface area contributed by atoms with Crippen LogP contribution in [0, 0.1) is 0 Å². The van der Waals surface area contributed by atoms with Gasteiger partial charge in [-0.3, -0.25) is 14.4 Å². The first-order valence-electron chi connectivity index (χ1n) is 20.5. The summed E-state index contributed by atoms with van der Waals surface area (Å²) in [6, 6.07) is 0. The fraction of sp³-hybridized carbons (Fsp3) is 0.791. The number of ether oxygens (including phenoxy) is 3. The van der Waals surface area contributed by atoms with Crippen LogP contribution in [-0.2, 0) is 28.6 Å². The van der Waals surface area contributed by atoms with E-state index in [1.807, 2.05) is 0 Å². The Morgan fingerprint density at radius 1 is 0.408 bits per heavy atom. The molecule has 0 heterocycles. The maximum atomic E-state index is 12.6. The summed E-state index contributed by atoms with van der Waals surface area (Å²) in [5, 5.41) is 0. The van der Waals surface area contributed by atoms with Crippen molar-refractivity contribution in [1.29, 1.82) is 0 Å². The molecule has 1 atom stereocenters. The van der Waals surface area contributed by atoms with Crippen LogP contribution < -0.4 is 0 Å². The van der Waals surface area contributed by atoms with Crippen LogP contribution in [0.3, 0.4) is 0 Å². The smallest absolute Gasteiger partial charge is 0.306 e. The third-order valence-corrected chi connectivity index (χ3v) is 8.60. The summed E-state index contributed by atoms with van der Waals surface area (Å²) in [5.41, 5.74) is 0. The van der Waals surface area contributed by atoms with Gasteiger partial charge < -0.3 is 14.2 Å². The molecule has 0 amide bonds. The summed E-state index contributed by atoms with van der Waals surface area (Å²) in [6.45, 7) is 6.45. The predicted molar refractivity (Wildman–Crippen MR) is 206 cm³/mol. The largest absolute Gasteiger partial charge is 0.462 e. The fourth-order valence-electron chi connectivity index (χ4n) is 5.47. The van der Waals surface area contributed by atoms with Crippen LogP contribution in [0.2, 0.25) is 0 Å². The van der Waals surface area contributed by atoms with Crippen molar-refractivity contribution in [3.8, 4) is 0 Å². The zero-order valence-corrected chi connectivity index (χ0v) is 32.2. The SMILES string of the molecule is CCC/C=C\CCCCCCCC(=O)OC(COC(=O)CCCCCCCC)COC(=O)CCCCCCC/C=C\C/C=C\CCCCC. The highest BCUT2D eigenvalue weighted by Crippen LogP contribution is 2.12. The minimum Gasteiger partial charge on any atom is -0.462 e. The van der Waals surface area contributed by atoms with Gasteiger partial charge in [0.05, 0.1) is 0 Å². The molecule has 0 bridgehead atoms. The maximum absolute atomic E-state index is 12.6. The molecule has 0 saturated carbocycles. The molecule has 0 radical (unpaired) electrons. The highest BCUT2D eigenvalue weighted by atomic mass is 16.6. The summed E-state index contributed by atoms with van der Waals surface area (Å²) >= 11 is 0. The molecule has 0 fully saturated rings. The van der Waals surface area contributed by atoms with Gasteiger partial charge in [0.25, 0.3) is 0 Å². The number of esters is 3. The zero-order valence-electron chi connectivity index (χ0n) is 32.2. The number of carbonyl (C=O) groups is 3. The number of hydrogen-bond donors (Lipinski definition) is 0. The van der Waals surface area contributed by atoms with E-state index in [9.17, 15) is 14.4 Å².